The van der Waals surface area contributed by atoms with E-state index in [1.54, 1.807) is 0 Å². The van der Waals surface area contributed by atoms with E-state index in [1.165, 1.54) is 0 Å². The van der Waals surface area contributed by atoms with Crippen LogP contribution < -0.4 is 0 Å². The van der Waals surface area contributed by atoms with Crippen LogP contribution in [0.4, 0.5) is 166 Å². The molecule has 0 unspecified atom stereocenters. The maximum Gasteiger partial charge on any atom is 3.00 e. The molecule has 0 atom stereocenters. The van der Waals surface area contributed by atoms with Crippen molar-refractivity contribution in [3.05, 3.63) is 190 Å². The molecule has 0 bridgehead atoms. The number of benzene rings is 6. The largest absolute Gasteiger partial charge is 3.00 e. The number of halogens is 30. The fourth-order valence-electron chi connectivity index (χ4n) is 4.48. The van der Waals surface area contributed by atoms with E-state index in [2.05, 4.69) is 16.0 Å². The van der Waals surface area contributed by atoms with Gasteiger partial charge in [-0.2, -0.15) is 0 Å². The van der Waals surface area contributed by atoms with Gasteiger partial charge in [0.2, 0.25) is 0 Å². The molecule has 0 saturated carbocycles. The fourth-order valence-corrected chi connectivity index (χ4v) is 4.48. The SMILES string of the molecule is Fc1c(F)c(F)c([N-]c2c(F)c(F)c(F)c(F)c2F)c(F)c1F.Fc1c(F)c(F)c([N-]c2c(F)c(F)c(F)c(F)c2F)c(F)c1F.Fc1c(F)c(F)c([N-]c2c(F)c(F)c(F)c(F)c2F)c(F)c1F.[Nd+3]. The van der Waals surface area contributed by atoms with Crippen LogP contribution in [-0.2, 0) is 0 Å². The van der Waals surface area contributed by atoms with Crippen LogP contribution in [0.1, 0.15) is 0 Å². The molecule has 1 radical (unpaired) electrons. The first-order chi connectivity index (χ1) is 31.8. The third kappa shape index (κ3) is 10.2. The average molecular weight is 1190 g/mol. The molecule has 34 heteroatoms. The topological polar surface area (TPSA) is 42.3 Å². The Morgan fingerprint density at radius 3 is 0.243 bits per heavy atom. The minimum atomic E-state index is -2.59. The summed E-state index contributed by atoms with van der Waals surface area (Å²) in [5.41, 5.74) is -12.6. The molecule has 0 spiro atoms. The van der Waals surface area contributed by atoms with Crippen molar-refractivity contribution < 1.29 is 173 Å². The standard InChI is InChI=1S/3C12F10N.Nd/c3*13-1-3(15)7(19)11(8(20)4(1)16)23-12-9(21)5(17)2(14)6(18)10(12)22;/q3*-1;+3. The van der Waals surface area contributed by atoms with Crippen molar-refractivity contribution in [2.24, 2.45) is 0 Å². The van der Waals surface area contributed by atoms with E-state index in [0.29, 0.717) is 0 Å². The molecule has 0 aromatic heterocycles. The third-order valence-electron chi connectivity index (χ3n) is 7.79. The van der Waals surface area contributed by atoms with E-state index in [1.807, 2.05) is 0 Å². The molecule has 3 nitrogen and oxygen atoms in total. The monoisotopic (exact) mass is 1190 g/mol. The third-order valence-corrected chi connectivity index (χ3v) is 7.79. The van der Waals surface area contributed by atoms with Crippen LogP contribution in [0, 0.1) is 215 Å². The second-order valence-corrected chi connectivity index (χ2v) is 11.8. The van der Waals surface area contributed by atoms with Gasteiger partial charge >= 0.3 is 40.8 Å². The number of hydrogen-bond donors (Lipinski definition) is 0. The van der Waals surface area contributed by atoms with Gasteiger partial charge in [-0.25, -0.2) is 132 Å². The van der Waals surface area contributed by atoms with Gasteiger partial charge in [0.05, 0.1) is 0 Å². The van der Waals surface area contributed by atoms with Gasteiger partial charge in [0.15, 0.2) is 105 Å². The summed E-state index contributed by atoms with van der Waals surface area (Å²) in [6.07, 6.45) is 0. The predicted molar refractivity (Wildman–Crippen MR) is 165 cm³/mol. The van der Waals surface area contributed by atoms with Crippen molar-refractivity contribution in [2.75, 3.05) is 0 Å². The molecular formula is C36F30N3Nd. The molecule has 0 heterocycles. The van der Waals surface area contributed by atoms with E-state index in [0.717, 1.165) is 0 Å². The number of rotatable bonds is 6. The Bertz CT molecular complexity index is 2410. The van der Waals surface area contributed by atoms with E-state index in [-0.39, 0.29) is 40.8 Å². The second kappa shape index (κ2) is 21.9. The molecule has 0 aliphatic heterocycles. The first-order valence-electron chi connectivity index (χ1n) is 16.0. The zero-order valence-corrected chi connectivity index (χ0v) is 34.4. The summed E-state index contributed by atoms with van der Waals surface area (Å²) in [4.78, 5) is 0. The molecule has 70 heavy (non-hydrogen) atoms. The smallest absolute Gasteiger partial charge is 0.648 e. The van der Waals surface area contributed by atoms with Crippen LogP contribution >= 0.6 is 0 Å². The van der Waals surface area contributed by atoms with Crippen molar-refractivity contribution in [1.29, 1.82) is 0 Å². The second-order valence-electron chi connectivity index (χ2n) is 11.8. The summed E-state index contributed by atoms with van der Waals surface area (Å²) < 4.78 is 391. The summed E-state index contributed by atoms with van der Waals surface area (Å²) in [6, 6.07) is 0. The van der Waals surface area contributed by atoms with Gasteiger partial charge in [-0.3, -0.25) is 0 Å². The number of hydrogen-bond acceptors (Lipinski definition) is 0. The van der Waals surface area contributed by atoms with Gasteiger partial charge in [-0.15, -0.1) is 0 Å². The Morgan fingerprint density at radius 2 is 0.171 bits per heavy atom. The Labute approximate surface area is 395 Å². The number of nitrogens with zero attached hydrogens (tertiary/aromatic N) is 3. The van der Waals surface area contributed by atoms with E-state index in [4.69, 9.17) is 0 Å². The molecule has 6 aromatic carbocycles. The average Bonchev–Trinajstić information content (AvgIpc) is 3.33. The van der Waals surface area contributed by atoms with Crippen molar-refractivity contribution >= 4 is 34.1 Å². The van der Waals surface area contributed by atoms with Crippen LogP contribution in [0.5, 0.6) is 0 Å². The summed E-state index contributed by atoms with van der Waals surface area (Å²) in [5, 5.41) is 7.11. The minimum Gasteiger partial charge on any atom is -0.648 e. The molecular weight excluding hydrogens is 1190 g/mol. The fraction of sp³-hybridized carbons (Fsp3) is 0. The summed E-state index contributed by atoms with van der Waals surface area (Å²) in [5.74, 6) is -76.9. The molecule has 0 N–H and O–H groups in total. The first-order valence-corrected chi connectivity index (χ1v) is 16.0. The van der Waals surface area contributed by atoms with Crippen LogP contribution in [0.25, 0.3) is 16.0 Å². The predicted octanol–water partition coefficient (Wildman–Crippen LogP) is 16.2. The maximum atomic E-state index is 13.3. The van der Waals surface area contributed by atoms with Gasteiger partial charge in [0.1, 0.15) is 69.8 Å². The molecule has 0 saturated heterocycles. The van der Waals surface area contributed by atoms with Gasteiger partial charge in [0, 0.05) is 0 Å². The quantitative estimate of drug-likeness (QED) is 0.0906. The molecule has 0 fully saturated rings. The van der Waals surface area contributed by atoms with Crippen LogP contribution in [0.2, 0.25) is 0 Å². The minimum absolute atomic E-state index is 0. The van der Waals surface area contributed by atoms with Crippen LogP contribution in [-0.4, -0.2) is 0 Å². The van der Waals surface area contributed by atoms with Crippen molar-refractivity contribution in [3.63, 3.8) is 0 Å². The van der Waals surface area contributed by atoms with Crippen molar-refractivity contribution in [3.8, 4) is 0 Å². The maximum absolute atomic E-state index is 13.3. The van der Waals surface area contributed by atoms with E-state index in [9.17, 15) is 132 Å². The summed E-state index contributed by atoms with van der Waals surface area (Å²) in [7, 11) is 0. The normalized spacial score (nSPS) is 10.9. The molecule has 0 aliphatic rings. The summed E-state index contributed by atoms with van der Waals surface area (Å²) >= 11 is 0. The van der Waals surface area contributed by atoms with Crippen molar-refractivity contribution in [1.82, 2.24) is 0 Å². The molecule has 6 aromatic rings. The molecule has 6 rings (SSSR count). The van der Waals surface area contributed by atoms with E-state index >= 15 is 0 Å². The Kier molecular flexibility index (Phi) is 18.3. The van der Waals surface area contributed by atoms with Gasteiger partial charge in [-0.05, 0) is 0 Å². The van der Waals surface area contributed by atoms with Crippen LogP contribution in [0.3, 0.4) is 0 Å². The molecule has 373 valence electrons. The zero-order chi connectivity index (χ0) is 52.9. The Hall–Kier alpha value is -6.03. The van der Waals surface area contributed by atoms with Gasteiger partial charge < -0.3 is 16.0 Å². The van der Waals surface area contributed by atoms with Crippen molar-refractivity contribution in [2.45, 2.75) is 0 Å². The zero-order valence-electron chi connectivity index (χ0n) is 31.2. The Morgan fingerprint density at radius 1 is 0.114 bits per heavy atom. The summed E-state index contributed by atoms with van der Waals surface area (Å²) in [6.45, 7) is 0. The molecule has 0 aliphatic carbocycles. The first kappa shape index (κ1) is 58.3. The van der Waals surface area contributed by atoms with Crippen LogP contribution in [0.15, 0.2) is 0 Å². The Balaban J connectivity index is 0.000000276. The van der Waals surface area contributed by atoms with E-state index < -0.39 is 209 Å². The van der Waals surface area contributed by atoms with Gasteiger partial charge in [-0.1, -0.05) is 34.1 Å². The molecule has 0 amide bonds. The van der Waals surface area contributed by atoms with Gasteiger partial charge in [0.25, 0.3) is 0 Å².